The van der Waals surface area contributed by atoms with Crippen LogP contribution in [0, 0.1) is 28.6 Å². The van der Waals surface area contributed by atoms with Crippen LogP contribution in [0.4, 0.5) is 0 Å². The number of rotatable bonds is 6. The molecule has 8 heteroatoms. The Morgan fingerprint density at radius 2 is 2.08 bits per heavy atom. The monoisotopic (exact) mass is 371 g/mol. The number of hydrogen-bond donors (Lipinski definition) is 1. The number of benzene rings is 1. The van der Waals surface area contributed by atoms with Crippen LogP contribution in [0.1, 0.15) is 18.4 Å². The van der Waals surface area contributed by atoms with Gasteiger partial charge in [-0.1, -0.05) is 30.0 Å². The van der Waals surface area contributed by atoms with E-state index in [1.54, 1.807) is 24.3 Å². The zero-order valence-electron chi connectivity index (χ0n) is 14.3. The average molecular weight is 371 g/mol. The van der Waals surface area contributed by atoms with Gasteiger partial charge in [0.1, 0.15) is 11.7 Å². The van der Waals surface area contributed by atoms with Gasteiger partial charge in [-0.15, -0.1) is 0 Å². The summed E-state index contributed by atoms with van der Waals surface area (Å²) in [4.78, 5) is 23.8. The molecule has 7 nitrogen and oxygen atoms in total. The molecule has 0 aromatic heterocycles. The number of nitrogens with zero attached hydrogens (tertiary/aromatic N) is 2. The first-order valence-electron chi connectivity index (χ1n) is 7.83. The maximum atomic E-state index is 12.4. The topological polar surface area (TPSA) is 112 Å². The maximum Gasteiger partial charge on any atom is 0.316 e. The van der Waals surface area contributed by atoms with Crippen LogP contribution < -0.4 is 10.1 Å². The molecule has 1 aromatic rings. The predicted molar refractivity (Wildman–Crippen MR) is 94.7 cm³/mol. The van der Waals surface area contributed by atoms with Crippen molar-refractivity contribution in [2.45, 2.75) is 12.8 Å². The van der Waals surface area contributed by atoms with E-state index in [4.69, 9.17) is 4.74 Å². The SMILES string of the molecule is CCOc1ccccc1C1C(C#N)=C(SCC(=O)OC)NC(=O)C1C#N. The largest absolute Gasteiger partial charge is 0.494 e. The van der Waals surface area contributed by atoms with Gasteiger partial charge >= 0.3 is 5.97 Å². The van der Waals surface area contributed by atoms with E-state index in [9.17, 15) is 20.1 Å². The smallest absolute Gasteiger partial charge is 0.316 e. The van der Waals surface area contributed by atoms with Gasteiger partial charge < -0.3 is 14.8 Å². The van der Waals surface area contributed by atoms with E-state index in [1.165, 1.54) is 7.11 Å². The van der Waals surface area contributed by atoms with Crippen molar-refractivity contribution in [3.63, 3.8) is 0 Å². The van der Waals surface area contributed by atoms with E-state index in [1.807, 2.05) is 13.0 Å². The Morgan fingerprint density at radius 3 is 2.69 bits per heavy atom. The van der Waals surface area contributed by atoms with E-state index in [0.29, 0.717) is 17.9 Å². The first-order chi connectivity index (χ1) is 12.6. The second-order valence-electron chi connectivity index (χ2n) is 5.26. The molecule has 0 radical (unpaired) electrons. The highest BCUT2D eigenvalue weighted by molar-refractivity contribution is 8.03. The molecule has 1 N–H and O–H groups in total. The Hall–Kier alpha value is -2.97. The Labute approximate surface area is 155 Å². The lowest BCUT2D eigenvalue weighted by Gasteiger charge is -2.29. The summed E-state index contributed by atoms with van der Waals surface area (Å²) in [5.41, 5.74) is 0.806. The van der Waals surface area contributed by atoms with Crippen LogP contribution in [0.25, 0.3) is 0 Å². The molecule has 2 unspecified atom stereocenters. The van der Waals surface area contributed by atoms with E-state index in [2.05, 4.69) is 16.1 Å². The Kier molecular flexibility index (Phi) is 6.65. The molecule has 0 spiro atoms. The van der Waals surface area contributed by atoms with Crippen molar-refractivity contribution < 1.29 is 19.1 Å². The minimum Gasteiger partial charge on any atom is -0.494 e. The molecule has 134 valence electrons. The van der Waals surface area contributed by atoms with Crippen LogP contribution in [-0.4, -0.2) is 31.3 Å². The average Bonchev–Trinajstić information content (AvgIpc) is 2.66. The van der Waals surface area contributed by atoms with Crippen LogP contribution >= 0.6 is 11.8 Å². The van der Waals surface area contributed by atoms with Gasteiger partial charge in [0, 0.05) is 5.56 Å². The van der Waals surface area contributed by atoms with Crippen LogP contribution in [0.5, 0.6) is 5.75 Å². The van der Waals surface area contributed by atoms with Gasteiger partial charge in [-0.25, -0.2) is 0 Å². The Bertz CT molecular complexity index is 822. The fourth-order valence-electron chi connectivity index (χ4n) is 2.63. The molecule has 0 aliphatic carbocycles. The molecule has 0 bridgehead atoms. The number of nitrogens with one attached hydrogen (secondary N) is 1. The summed E-state index contributed by atoms with van der Waals surface area (Å²) >= 11 is 0.997. The Balaban J connectivity index is 2.55. The number of thioether (sulfide) groups is 1. The fourth-order valence-corrected chi connectivity index (χ4v) is 3.51. The molecule has 1 aliphatic rings. The molecule has 1 aromatic carbocycles. The Morgan fingerprint density at radius 1 is 1.35 bits per heavy atom. The first kappa shape index (κ1) is 19.4. The number of amides is 1. The van der Waals surface area contributed by atoms with Crippen LogP contribution in [0.15, 0.2) is 34.9 Å². The minimum atomic E-state index is -1.08. The molecule has 0 saturated carbocycles. The standard InChI is InChI=1S/C18H17N3O4S/c1-3-25-14-7-5-4-6-11(14)16-12(8-19)17(23)21-18(13(16)9-20)26-10-15(22)24-2/h4-7,12,16H,3,10H2,1-2H3,(H,21,23). The van der Waals surface area contributed by atoms with E-state index < -0.39 is 23.7 Å². The molecule has 1 amide bonds. The second kappa shape index (κ2) is 8.93. The first-order valence-corrected chi connectivity index (χ1v) is 8.82. The van der Waals surface area contributed by atoms with Crippen molar-refractivity contribution >= 4 is 23.6 Å². The quantitative estimate of drug-likeness (QED) is 0.762. The van der Waals surface area contributed by atoms with Crippen LogP contribution in [0.2, 0.25) is 0 Å². The number of nitriles is 2. The number of allylic oxidation sites excluding steroid dienone is 1. The minimum absolute atomic E-state index is 0.0612. The number of hydrogen-bond acceptors (Lipinski definition) is 7. The molecule has 0 saturated heterocycles. The van der Waals surface area contributed by atoms with E-state index in [-0.39, 0.29) is 16.4 Å². The number of ether oxygens (including phenoxy) is 2. The third-order valence-corrected chi connectivity index (χ3v) is 4.77. The summed E-state index contributed by atoms with van der Waals surface area (Å²) in [5.74, 6) is -2.40. The molecular formula is C18H17N3O4S. The lowest BCUT2D eigenvalue weighted by Crippen LogP contribution is -2.39. The van der Waals surface area contributed by atoms with Crippen LogP contribution in [0.3, 0.4) is 0 Å². The van der Waals surface area contributed by atoms with Crippen molar-refractivity contribution in [3.05, 3.63) is 40.4 Å². The van der Waals surface area contributed by atoms with Crippen molar-refractivity contribution in [1.29, 1.82) is 10.5 Å². The summed E-state index contributed by atoms with van der Waals surface area (Å²) in [7, 11) is 1.26. The third-order valence-electron chi connectivity index (χ3n) is 3.78. The normalized spacial score (nSPS) is 19.2. The molecule has 2 atom stereocenters. The van der Waals surface area contributed by atoms with Crippen molar-refractivity contribution in [2.24, 2.45) is 5.92 Å². The summed E-state index contributed by atoms with van der Waals surface area (Å²) in [6, 6.07) is 11.1. The van der Waals surface area contributed by atoms with Gasteiger partial charge in [0.15, 0.2) is 0 Å². The lowest BCUT2D eigenvalue weighted by atomic mass is 9.79. The highest BCUT2D eigenvalue weighted by atomic mass is 32.2. The van der Waals surface area contributed by atoms with Gasteiger partial charge in [0.2, 0.25) is 5.91 Å². The van der Waals surface area contributed by atoms with Gasteiger partial charge in [-0.3, -0.25) is 9.59 Å². The number of esters is 1. The third kappa shape index (κ3) is 3.98. The van der Waals surface area contributed by atoms with Crippen molar-refractivity contribution in [1.82, 2.24) is 5.32 Å². The second-order valence-corrected chi connectivity index (χ2v) is 6.25. The summed E-state index contributed by atoms with van der Waals surface area (Å²) < 4.78 is 10.2. The zero-order chi connectivity index (χ0) is 19.1. The summed E-state index contributed by atoms with van der Waals surface area (Å²) in [5, 5.41) is 22.0. The predicted octanol–water partition coefficient (Wildman–Crippen LogP) is 2.08. The number of para-hydroxylation sites is 1. The fraction of sp³-hybridized carbons (Fsp3) is 0.333. The number of methoxy groups -OCH3 is 1. The van der Waals surface area contributed by atoms with Crippen molar-refractivity contribution in [3.8, 4) is 17.9 Å². The molecule has 2 rings (SSSR count). The molecule has 1 aliphatic heterocycles. The maximum absolute atomic E-state index is 12.4. The summed E-state index contributed by atoms with van der Waals surface area (Å²) in [6.45, 7) is 2.23. The molecule has 0 fully saturated rings. The van der Waals surface area contributed by atoms with Gasteiger partial charge in [0.25, 0.3) is 0 Å². The molecular weight excluding hydrogens is 354 g/mol. The summed E-state index contributed by atoms with van der Waals surface area (Å²) in [6.07, 6.45) is 0. The van der Waals surface area contributed by atoms with Gasteiger partial charge in [0.05, 0.1) is 48.1 Å². The highest BCUT2D eigenvalue weighted by Gasteiger charge is 2.40. The number of carbonyl (C=O) groups excluding carboxylic acids is 2. The molecule has 1 heterocycles. The molecule has 26 heavy (non-hydrogen) atoms. The lowest BCUT2D eigenvalue weighted by molar-refractivity contribution is -0.137. The zero-order valence-corrected chi connectivity index (χ0v) is 15.1. The van der Waals surface area contributed by atoms with Gasteiger partial charge in [-0.2, -0.15) is 10.5 Å². The number of carbonyl (C=O) groups is 2. The van der Waals surface area contributed by atoms with Gasteiger partial charge in [-0.05, 0) is 13.0 Å². The van der Waals surface area contributed by atoms with Crippen LogP contribution in [-0.2, 0) is 14.3 Å². The highest BCUT2D eigenvalue weighted by Crippen LogP contribution is 2.42. The van der Waals surface area contributed by atoms with E-state index >= 15 is 0 Å². The van der Waals surface area contributed by atoms with Crippen molar-refractivity contribution in [2.75, 3.05) is 19.5 Å². The van der Waals surface area contributed by atoms with E-state index in [0.717, 1.165) is 11.8 Å².